The van der Waals surface area contributed by atoms with Crippen LogP contribution in [0.2, 0.25) is 0 Å². The van der Waals surface area contributed by atoms with Crippen molar-refractivity contribution in [2.45, 2.75) is 12.6 Å². The molecule has 2 N–H and O–H groups in total. The van der Waals surface area contributed by atoms with Gasteiger partial charge in [0.05, 0.1) is 18.0 Å². The molecule has 0 saturated carbocycles. The summed E-state index contributed by atoms with van der Waals surface area (Å²) in [7, 11) is 2.08. The largest absolute Gasteiger partial charge is 0.472 e. The number of hydrogen-bond acceptors (Lipinski definition) is 4. The number of para-hydroxylation sites is 1. The van der Waals surface area contributed by atoms with Crippen molar-refractivity contribution in [2.24, 2.45) is 5.73 Å². The maximum atomic E-state index is 6.03. The van der Waals surface area contributed by atoms with Crippen molar-refractivity contribution in [1.82, 2.24) is 9.88 Å². The zero-order valence-electron chi connectivity index (χ0n) is 12.1. The van der Waals surface area contributed by atoms with Gasteiger partial charge in [0.25, 0.3) is 0 Å². The number of hydrogen-bond donors (Lipinski definition) is 1. The minimum absolute atomic E-state index is 0.124. The Morgan fingerprint density at radius 2 is 2.10 bits per heavy atom. The van der Waals surface area contributed by atoms with Gasteiger partial charge in [0.1, 0.15) is 0 Å². The van der Waals surface area contributed by atoms with Gasteiger partial charge in [0.2, 0.25) is 0 Å². The summed E-state index contributed by atoms with van der Waals surface area (Å²) in [6.45, 7) is 1.34. The van der Waals surface area contributed by atoms with Gasteiger partial charge in [-0.1, -0.05) is 24.3 Å². The first-order valence-corrected chi connectivity index (χ1v) is 7.04. The first kappa shape index (κ1) is 13.8. The number of pyridine rings is 1. The molecule has 108 valence electrons. The molecule has 0 aliphatic carbocycles. The number of fused-ring (bicyclic) bond motifs is 1. The van der Waals surface area contributed by atoms with Crippen LogP contribution in [0.15, 0.2) is 59.5 Å². The molecular formula is C17H19N3O. The second-order valence-corrected chi connectivity index (χ2v) is 5.22. The van der Waals surface area contributed by atoms with Crippen LogP contribution in [0.5, 0.6) is 0 Å². The monoisotopic (exact) mass is 281 g/mol. The molecule has 0 aliphatic heterocycles. The highest BCUT2D eigenvalue weighted by molar-refractivity contribution is 5.82. The van der Waals surface area contributed by atoms with Crippen LogP contribution >= 0.6 is 0 Å². The Morgan fingerprint density at radius 3 is 2.86 bits per heavy atom. The summed E-state index contributed by atoms with van der Waals surface area (Å²) < 4.78 is 5.13. The summed E-state index contributed by atoms with van der Waals surface area (Å²) in [5.74, 6) is 0. The predicted octanol–water partition coefficient (Wildman–Crippen LogP) is 2.96. The fraction of sp³-hybridized carbons (Fsp3) is 0.235. The molecule has 21 heavy (non-hydrogen) atoms. The number of likely N-dealkylation sites (N-methyl/N-ethyl adjacent to an activating group) is 1. The van der Waals surface area contributed by atoms with Gasteiger partial charge in [0.15, 0.2) is 0 Å². The second-order valence-electron chi connectivity index (χ2n) is 5.22. The fourth-order valence-electron chi connectivity index (χ4n) is 2.72. The molecule has 4 heteroatoms. The van der Waals surface area contributed by atoms with Crippen molar-refractivity contribution in [2.75, 3.05) is 13.6 Å². The summed E-state index contributed by atoms with van der Waals surface area (Å²) in [5, 5.41) is 1.14. The lowest BCUT2D eigenvalue weighted by Crippen LogP contribution is -2.30. The van der Waals surface area contributed by atoms with Crippen LogP contribution in [-0.4, -0.2) is 23.5 Å². The van der Waals surface area contributed by atoms with Gasteiger partial charge < -0.3 is 10.2 Å². The fourth-order valence-corrected chi connectivity index (χ4v) is 2.72. The second kappa shape index (κ2) is 6.08. The number of furan rings is 1. The van der Waals surface area contributed by atoms with Crippen LogP contribution < -0.4 is 5.73 Å². The lowest BCUT2D eigenvalue weighted by Gasteiger charge is -2.27. The predicted molar refractivity (Wildman–Crippen MR) is 83.7 cm³/mol. The van der Waals surface area contributed by atoms with E-state index < -0.39 is 0 Å². The van der Waals surface area contributed by atoms with Crippen molar-refractivity contribution < 1.29 is 4.42 Å². The molecule has 0 aliphatic rings. The molecule has 1 aromatic carbocycles. The van der Waals surface area contributed by atoms with Crippen molar-refractivity contribution >= 4 is 10.9 Å². The van der Waals surface area contributed by atoms with E-state index in [0.29, 0.717) is 6.54 Å². The normalized spacial score (nSPS) is 12.9. The molecule has 4 nitrogen and oxygen atoms in total. The van der Waals surface area contributed by atoms with E-state index in [4.69, 9.17) is 10.2 Å². The maximum absolute atomic E-state index is 6.03. The smallest absolute Gasteiger partial charge is 0.0947 e. The Bertz CT molecular complexity index is 704. The zero-order chi connectivity index (χ0) is 14.7. The molecule has 3 rings (SSSR count). The van der Waals surface area contributed by atoms with E-state index in [1.165, 1.54) is 5.56 Å². The third kappa shape index (κ3) is 2.82. The lowest BCUT2D eigenvalue weighted by atomic mass is 10.0. The Hall–Kier alpha value is -2.17. The summed E-state index contributed by atoms with van der Waals surface area (Å²) in [6, 6.07) is 12.4. The van der Waals surface area contributed by atoms with Gasteiger partial charge in [-0.15, -0.1) is 0 Å². The van der Waals surface area contributed by atoms with E-state index in [1.54, 1.807) is 12.5 Å². The van der Waals surface area contributed by atoms with Gasteiger partial charge in [-0.05, 0) is 24.7 Å². The van der Waals surface area contributed by atoms with E-state index in [2.05, 4.69) is 41.2 Å². The molecule has 1 unspecified atom stereocenters. The Morgan fingerprint density at radius 1 is 1.24 bits per heavy atom. The molecule has 1 atom stereocenters. The third-order valence-electron chi connectivity index (χ3n) is 3.79. The standard InChI is InChI=1S/C17H19N3O/c1-20(11-13-7-9-21-12-13)16(10-18)15-6-2-4-14-5-3-8-19-17(14)15/h2-9,12,16H,10-11,18H2,1H3. The van der Waals surface area contributed by atoms with Gasteiger partial charge in [-0.3, -0.25) is 9.88 Å². The number of aromatic nitrogens is 1. The van der Waals surface area contributed by atoms with E-state index >= 15 is 0 Å². The lowest BCUT2D eigenvalue weighted by molar-refractivity contribution is 0.242. The molecule has 0 bridgehead atoms. The summed E-state index contributed by atoms with van der Waals surface area (Å²) >= 11 is 0. The van der Waals surface area contributed by atoms with Crippen LogP contribution in [0.1, 0.15) is 17.2 Å². The van der Waals surface area contributed by atoms with Crippen LogP contribution in [0, 0.1) is 0 Å². The van der Waals surface area contributed by atoms with Gasteiger partial charge in [-0.2, -0.15) is 0 Å². The molecule has 0 amide bonds. The average Bonchev–Trinajstić information content (AvgIpc) is 3.01. The Labute approximate surface area is 124 Å². The number of benzene rings is 1. The highest BCUT2D eigenvalue weighted by Gasteiger charge is 2.18. The highest BCUT2D eigenvalue weighted by Crippen LogP contribution is 2.26. The summed E-state index contributed by atoms with van der Waals surface area (Å²) in [4.78, 5) is 6.76. The zero-order valence-corrected chi connectivity index (χ0v) is 12.1. The molecular weight excluding hydrogens is 262 g/mol. The van der Waals surface area contributed by atoms with E-state index in [1.807, 2.05) is 18.3 Å². The molecule has 2 heterocycles. The summed E-state index contributed by atoms with van der Waals surface area (Å²) in [5.41, 5.74) is 9.37. The summed E-state index contributed by atoms with van der Waals surface area (Å²) in [6.07, 6.45) is 5.29. The van der Waals surface area contributed by atoms with E-state index in [0.717, 1.165) is 23.0 Å². The number of rotatable bonds is 5. The average molecular weight is 281 g/mol. The first-order chi connectivity index (χ1) is 10.3. The van der Waals surface area contributed by atoms with Crippen LogP contribution in [-0.2, 0) is 6.54 Å². The van der Waals surface area contributed by atoms with Gasteiger partial charge in [-0.25, -0.2) is 0 Å². The topological polar surface area (TPSA) is 55.3 Å². The van der Waals surface area contributed by atoms with Crippen molar-refractivity contribution in [3.63, 3.8) is 0 Å². The maximum Gasteiger partial charge on any atom is 0.0947 e. The minimum atomic E-state index is 0.124. The first-order valence-electron chi connectivity index (χ1n) is 7.04. The van der Waals surface area contributed by atoms with Crippen molar-refractivity contribution in [3.05, 3.63) is 66.2 Å². The van der Waals surface area contributed by atoms with Gasteiger partial charge >= 0.3 is 0 Å². The van der Waals surface area contributed by atoms with Crippen molar-refractivity contribution in [1.29, 1.82) is 0 Å². The Kier molecular flexibility index (Phi) is 3.99. The molecule has 0 saturated heterocycles. The minimum Gasteiger partial charge on any atom is -0.472 e. The number of nitrogens with zero attached hydrogens (tertiary/aromatic N) is 2. The highest BCUT2D eigenvalue weighted by atomic mass is 16.3. The number of nitrogens with two attached hydrogens (primary N) is 1. The van der Waals surface area contributed by atoms with Crippen LogP contribution in [0.3, 0.4) is 0 Å². The van der Waals surface area contributed by atoms with E-state index in [-0.39, 0.29) is 6.04 Å². The van der Waals surface area contributed by atoms with Crippen LogP contribution in [0.4, 0.5) is 0 Å². The molecule has 0 radical (unpaired) electrons. The molecule has 2 aromatic heterocycles. The van der Waals surface area contributed by atoms with Crippen LogP contribution in [0.25, 0.3) is 10.9 Å². The molecule has 0 spiro atoms. The third-order valence-corrected chi connectivity index (χ3v) is 3.79. The molecule has 0 fully saturated rings. The quantitative estimate of drug-likeness (QED) is 0.781. The SMILES string of the molecule is CN(Cc1ccoc1)C(CN)c1cccc2cccnc12. The molecule has 3 aromatic rings. The van der Waals surface area contributed by atoms with Gasteiger partial charge in [0, 0.05) is 36.3 Å². The van der Waals surface area contributed by atoms with E-state index in [9.17, 15) is 0 Å². The Balaban J connectivity index is 1.94. The van der Waals surface area contributed by atoms with Crippen molar-refractivity contribution in [3.8, 4) is 0 Å².